The summed E-state index contributed by atoms with van der Waals surface area (Å²) >= 11 is 1.74. The Labute approximate surface area is 103 Å². The lowest BCUT2D eigenvalue weighted by Gasteiger charge is -2.19. The third-order valence-electron chi connectivity index (χ3n) is 2.54. The number of aromatic nitrogens is 1. The van der Waals surface area contributed by atoms with E-state index in [-0.39, 0.29) is 0 Å². The number of aryl methyl sites for hydroxylation is 1. The van der Waals surface area contributed by atoms with Crippen LogP contribution in [-0.2, 0) is 6.42 Å². The first-order chi connectivity index (χ1) is 7.61. The molecule has 0 spiro atoms. The van der Waals surface area contributed by atoms with Crippen LogP contribution in [0.3, 0.4) is 0 Å². The van der Waals surface area contributed by atoms with Crippen LogP contribution in [0, 0.1) is 6.92 Å². The van der Waals surface area contributed by atoms with Crippen molar-refractivity contribution in [3.8, 4) is 0 Å². The van der Waals surface area contributed by atoms with Gasteiger partial charge in [-0.1, -0.05) is 6.92 Å². The van der Waals surface area contributed by atoms with Crippen molar-refractivity contribution in [1.82, 2.24) is 15.2 Å². The van der Waals surface area contributed by atoms with Crippen LogP contribution in [0.2, 0.25) is 0 Å². The highest BCUT2D eigenvalue weighted by molar-refractivity contribution is 7.09. The minimum absolute atomic E-state index is 0.550. The van der Waals surface area contributed by atoms with Gasteiger partial charge in [0.2, 0.25) is 0 Å². The zero-order valence-electron chi connectivity index (χ0n) is 10.8. The maximum absolute atomic E-state index is 4.52. The van der Waals surface area contributed by atoms with Crippen molar-refractivity contribution >= 4 is 11.3 Å². The molecule has 1 aromatic heterocycles. The second-order valence-corrected chi connectivity index (χ2v) is 5.47. The molecule has 0 aliphatic carbocycles. The molecular weight excluding hydrogens is 218 g/mol. The van der Waals surface area contributed by atoms with Crippen molar-refractivity contribution in [3.05, 3.63) is 16.1 Å². The van der Waals surface area contributed by atoms with Crippen LogP contribution in [0.15, 0.2) is 5.38 Å². The van der Waals surface area contributed by atoms with E-state index in [0.717, 1.165) is 24.5 Å². The predicted molar refractivity (Wildman–Crippen MR) is 71.2 cm³/mol. The second-order valence-electron chi connectivity index (χ2n) is 4.41. The number of nitrogens with one attached hydrogen (secondary N) is 1. The number of likely N-dealkylation sites (N-methyl/N-ethyl adjacent to an activating group) is 1. The molecule has 92 valence electrons. The topological polar surface area (TPSA) is 28.2 Å². The summed E-state index contributed by atoms with van der Waals surface area (Å²) in [4.78, 5) is 6.76. The smallest absolute Gasteiger partial charge is 0.0897 e. The number of rotatable bonds is 7. The van der Waals surface area contributed by atoms with Gasteiger partial charge < -0.3 is 10.2 Å². The summed E-state index contributed by atoms with van der Waals surface area (Å²) in [5, 5.41) is 6.87. The maximum atomic E-state index is 4.52. The Kier molecular flexibility index (Phi) is 5.95. The molecule has 1 aromatic rings. The van der Waals surface area contributed by atoms with Gasteiger partial charge in [0.05, 0.1) is 10.7 Å². The zero-order valence-corrected chi connectivity index (χ0v) is 11.6. The monoisotopic (exact) mass is 241 g/mol. The highest BCUT2D eigenvalue weighted by Gasteiger charge is 2.10. The minimum Gasteiger partial charge on any atom is -0.314 e. The average Bonchev–Trinajstić information content (AvgIpc) is 2.61. The van der Waals surface area contributed by atoms with E-state index in [2.05, 4.69) is 48.5 Å². The van der Waals surface area contributed by atoms with Crippen molar-refractivity contribution in [2.75, 3.05) is 27.2 Å². The fraction of sp³-hybridized carbons (Fsp3) is 0.750. The molecule has 0 saturated heterocycles. The lowest BCUT2D eigenvalue weighted by atomic mass is 10.1. The Morgan fingerprint density at radius 1 is 1.50 bits per heavy atom. The lowest BCUT2D eigenvalue weighted by Crippen LogP contribution is -2.34. The molecule has 1 N–H and O–H groups in total. The lowest BCUT2D eigenvalue weighted by molar-refractivity contribution is 0.358. The van der Waals surface area contributed by atoms with Gasteiger partial charge in [-0.25, -0.2) is 4.98 Å². The molecule has 16 heavy (non-hydrogen) atoms. The molecule has 0 aliphatic rings. The molecule has 4 heteroatoms. The minimum atomic E-state index is 0.550. The molecule has 0 fully saturated rings. The molecule has 0 aromatic carbocycles. The van der Waals surface area contributed by atoms with Gasteiger partial charge in [0.1, 0.15) is 0 Å². The number of hydrogen-bond donors (Lipinski definition) is 1. The third-order valence-corrected chi connectivity index (χ3v) is 3.36. The van der Waals surface area contributed by atoms with Crippen LogP contribution in [0.1, 0.15) is 24.0 Å². The molecule has 1 atom stereocenters. The highest BCUT2D eigenvalue weighted by atomic mass is 32.1. The zero-order chi connectivity index (χ0) is 12.0. The van der Waals surface area contributed by atoms with Gasteiger partial charge in [0.25, 0.3) is 0 Å². The molecular formula is C12H23N3S. The highest BCUT2D eigenvalue weighted by Crippen LogP contribution is 2.11. The molecule has 0 saturated carbocycles. The summed E-state index contributed by atoms with van der Waals surface area (Å²) in [6.45, 7) is 6.38. The predicted octanol–water partition coefficient (Wildman–Crippen LogP) is 1.92. The van der Waals surface area contributed by atoms with Crippen molar-refractivity contribution < 1.29 is 0 Å². The van der Waals surface area contributed by atoms with Crippen LogP contribution >= 0.6 is 11.3 Å². The van der Waals surface area contributed by atoms with Gasteiger partial charge in [-0.2, -0.15) is 0 Å². The van der Waals surface area contributed by atoms with E-state index in [1.54, 1.807) is 11.3 Å². The average molecular weight is 241 g/mol. The molecule has 0 bridgehead atoms. The van der Waals surface area contributed by atoms with E-state index in [4.69, 9.17) is 0 Å². The third kappa shape index (κ3) is 5.05. The van der Waals surface area contributed by atoms with Crippen LogP contribution in [-0.4, -0.2) is 43.1 Å². The van der Waals surface area contributed by atoms with Crippen LogP contribution in [0.25, 0.3) is 0 Å². The van der Waals surface area contributed by atoms with E-state index in [9.17, 15) is 0 Å². The maximum Gasteiger partial charge on any atom is 0.0897 e. The Balaban J connectivity index is 2.43. The summed E-state index contributed by atoms with van der Waals surface area (Å²) in [5.41, 5.74) is 1.23. The quantitative estimate of drug-likeness (QED) is 0.790. The number of thiazole rings is 1. The Morgan fingerprint density at radius 3 is 2.75 bits per heavy atom. The summed E-state index contributed by atoms with van der Waals surface area (Å²) < 4.78 is 0. The van der Waals surface area contributed by atoms with Crippen molar-refractivity contribution in [2.45, 2.75) is 32.7 Å². The van der Waals surface area contributed by atoms with E-state index in [1.807, 2.05) is 0 Å². The number of hydrogen-bond acceptors (Lipinski definition) is 4. The largest absolute Gasteiger partial charge is 0.314 e. The molecule has 1 unspecified atom stereocenters. The molecule has 0 radical (unpaired) electrons. The molecule has 1 heterocycles. The van der Waals surface area contributed by atoms with Crippen molar-refractivity contribution in [1.29, 1.82) is 0 Å². The normalized spacial score (nSPS) is 13.3. The van der Waals surface area contributed by atoms with Crippen molar-refractivity contribution in [3.63, 3.8) is 0 Å². The van der Waals surface area contributed by atoms with Crippen LogP contribution in [0.4, 0.5) is 0 Å². The van der Waals surface area contributed by atoms with E-state index >= 15 is 0 Å². The van der Waals surface area contributed by atoms with E-state index in [1.165, 1.54) is 12.1 Å². The Hall–Kier alpha value is -0.450. The van der Waals surface area contributed by atoms with Gasteiger partial charge in [0, 0.05) is 17.8 Å². The molecule has 0 amide bonds. The van der Waals surface area contributed by atoms with E-state index < -0.39 is 0 Å². The van der Waals surface area contributed by atoms with E-state index in [0.29, 0.717) is 6.04 Å². The SMILES string of the molecule is CCNC(CCN(C)C)Cc1csc(C)n1. The summed E-state index contributed by atoms with van der Waals surface area (Å²) in [6.07, 6.45) is 2.23. The Morgan fingerprint density at radius 2 is 2.25 bits per heavy atom. The van der Waals surface area contributed by atoms with Crippen LogP contribution < -0.4 is 5.32 Å². The van der Waals surface area contributed by atoms with Crippen LogP contribution in [0.5, 0.6) is 0 Å². The van der Waals surface area contributed by atoms with Gasteiger partial charge in [-0.05, 0) is 40.5 Å². The van der Waals surface area contributed by atoms with Gasteiger partial charge in [-0.3, -0.25) is 0 Å². The van der Waals surface area contributed by atoms with Crippen molar-refractivity contribution in [2.24, 2.45) is 0 Å². The molecule has 1 rings (SSSR count). The van der Waals surface area contributed by atoms with Gasteiger partial charge in [-0.15, -0.1) is 11.3 Å². The standard InChI is InChI=1S/C12H23N3S/c1-5-13-11(6-7-15(3)4)8-12-9-16-10(2)14-12/h9,11,13H,5-8H2,1-4H3. The first kappa shape index (κ1) is 13.6. The summed E-state index contributed by atoms with van der Waals surface area (Å²) in [7, 11) is 4.24. The molecule has 0 aliphatic heterocycles. The second kappa shape index (κ2) is 6.99. The Bertz CT molecular complexity index is 296. The van der Waals surface area contributed by atoms with Gasteiger partial charge >= 0.3 is 0 Å². The fourth-order valence-electron chi connectivity index (χ4n) is 1.73. The number of nitrogens with zero attached hydrogens (tertiary/aromatic N) is 2. The first-order valence-electron chi connectivity index (χ1n) is 5.91. The molecule has 3 nitrogen and oxygen atoms in total. The fourth-order valence-corrected chi connectivity index (χ4v) is 2.36. The van der Waals surface area contributed by atoms with Gasteiger partial charge in [0.15, 0.2) is 0 Å². The first-order valence-corrected chi connectivity index (χ1v) is 6.79. The summed E-state index contributed by atoms with van der Waals surface area (Å²) in [6, 6.07) is 0.550. The summed E-state index contributed by atoms with van der Waals surface area (Å²) in [5.74, 6) is 0.